The maximum absolute atomic E-state index is 14.0. The van der Waals surface area contributed by atoms with Crippen LogP contribution >= 0.6 is 23.8 Å². The smallest absolute Gasteiger partial charge is 0.364 e. The number of hydrogen-bond acceptors (Lipinski definition) is 4. The van der Waals surface area contributed by atoms with E-state index in [0.29, 0.717) is 5.69 Å². The number of H-pyrrole nitrogens is 1. The van der Waals surface area contributed by atoms with Crippen LogP contribution in [0.25, 0.3) is 11.1 Å². The fourth-order valence-corrected chi connectivity index (χ4v) is 5.11. The molecule has 0 fully saturated rings. The van der Waals surface area contributed by atoms with Gasteiger partial charge in [-0.05, 0) is 41.5 Å². The summed E-state index contributed by atoms with van der Waals surface area (Å²) in [7, 11) is -4.29. The van der Waals surface area contributed by atoms with E-state index in [1.807, 2.05) is 5.16 Å². The number of rotatable bonds is 5. The Morgan fingerprint density at radius 3 is 2.38 bits per heavy atom. The van der Waals surface area contributed by atoms with Gasteiger partial charge in [0, 0.05) is 11.9 Å². The molecule has 0 atom stereocenters. The van der Waals surface area contributed by atoms with Crippen molar-refractivity contribution >= 4 is 44.5 Å². The first kappa shape index (κ1) is 21.3. The van der Waals surface area contributed by atoms with Crippen LogP contribution in [-0.2, 0) is 21.8 Å². The predicted molar refractivity (Wildman–Crippen MR) is 108 cm³/mol. The molecular weight excluding hydrogens is 445 g/mol. The maximum atomic E-state index is 14.0. The molecule has 0 aliphatic rings. The molecule has 4 nitrogen and oxygen atoms in total. The van der Waals surface area contributed by atoms with E-state index in [9.17, 15) is 21.6 Å². The monoisotopic (exact) mass is 456 g/mol. The van der Waals surface area contributed by atoms with Crippen molar-refractivity contribution in [3.63, 3.8) is 0 Å². The molecule has 1 aromatic heterocycles. The van der Waals surface area contributed by atoms with Gasteiger partial charge in [0.25, 0.3) is 0 Å². The molecule has 0 radical (unpaired) electrons. The molecule has 0 bridgehead atoms. The van der Waals surface area contributed by atoms with Crippen molar-refractivity contribution in [2.24, 2.45) is 4.99 Å². The van der Waals surface area contributed by atoms with Crippen LogP contribution < -0.4 is 0 Å². The van der Waals surface area contributed by atoms with E-state index < -0.39 is 37.9 Å². The summed E-state index contributed by atoms with van der Waals surface area (Å²) in [5.41, 5.74) is -1.92. The molecule has 0 spiro atoms. The van der Waals surface area contributed by atoms with Crippen molar-refractivity contribution in [2.45, 2.75) is 16.8 Å². The lowest BCUT2D eigenvalue weighted by Gasteiger charge is -2.19. The van der Waals surface area contributed by atoms with Gasteiger partial charge >= 0.3 is 6.18 Å². The van der Waals surface area contributed by atoms with Crippen molar-refractivity contribution in [1.29, 1.82) is 0 Å². The highest BCUT2D eigenvalue weighted by Gasteiger charge is 2.41. The highest BCUT2D eigenvalue weighted by molar-refractivity contribution is 7.91. The van der Waals surface area contributed by atoms with Gasteiger partial charge in [-0.3, -0.25) is 0 Å². The molecule has 0 amide bonds. The number of thiocarbonyl (C=S) groups is 1. The van der Waals surface area contributed by atoms with Crippen LogP contribution in [0.4, 0.5) is 18.9 Å². The normalized spacial score (nSPS) is 11.9. The van der Waals surface area contributed by atoms with Gasteiger partial charge in [0.15, 0.2) is 9.84 Å². The van der Waals surface area contributed by atoms with Crippen LogP contribution in [0.1, 0.15) is 11.3 Å². The molecule has 0 saturated carbocycles. The van der Waals surface area contributed by atoms with Gasteiger partial charge in [0.05, 0.1) is 21.5 Å². The highest BCUT2D eigenvalue weighted by Crippen LogP contribution is 2.48. The summed E-state index contributed by atoms with van der Waals surface area (Å²) in [6, 6.07) is 11.7. The lowest BCUT2D eigenvalue weighted by molar-refractivity contribution is -0.136. The molecule has 3 rings (SSSR count). The lowest BCUT2D eigenvalue weighted by atomic mass is 9.97. The highest BCUT2D eigenvalue weighted by atomic mass is 35.5. The quantitative estimate of drug-likeness (QED) is 0.375. The number of hydrogen-bond donors (Lipinski definition) is 1. The van der Waals surface area contributed by atoms with Gasteiger partial charge in [-0.25, -0.2) is 8.42 Å². The van der Waals surface area contributed by atoms with Crippen LogP contribution in [-0.4, -0.2) is 18.6 Å². The van der Waals surface area contributed by atoms with Crippen molar-refractivity contribution in [1.82, 2.24) is 4.98 Å². The molecule has 0 aliphatic heterocycles. The second-order valence-electron chi connectivity index (χ2n) is 5.98. The third kappa shape index (κ3) is 4.43. The van der Waals surface area contributed by atoms with Gasteiger partial charge in [-0.2, -0.15) is 18.2 Å². The average molecular weight is 457 g/mol. The van der Waals surface area contributed by atoms with Gasteiger partial charge < -0.3 is 4.98 Å². The first-order valence-electron chi connectivity index (χ1n) is 8.07. The summed E-state index contributed by atoms with van der Waals surface area (Å²) in [4.78, 5) is 5.45. The second kappa shape index (κ2) is 8.12. The van der Waals surface area contributed by atoms with Crippen LogP contribution in [0.15, 0.2) is 64.6 Å². The zero-order chi connectivity index (χ0) is 21.2. The fraction of sp³-hybridized carbons (Fsp3) is 0.105. The maximum Gasteiger partial charge on any atom is 0.419 e. The predicted octanol–water partition coefficient (Wildman–Crippen LogP) is 6.06. The Bertz CT molecular complexity index is 1190. The van der Waals surface area contributed by atoms with Crippen molar-refractivity contribution < 1.29 is 21.6 Å². The number of aliphatic imine (C=N–C) groups is 1. The van der Waals surface area contributed by atoms with Gasteiger partial charge in [0.1, 0.15) is 10.6 Å². The Balaban J connectivity index is 2.38. The molecule has 10 heteroatoms. The number of nitrogens with zero attached hydrogens (tertiary/aromatic N) is 1. The van der Waals surface area contributed by atoms with E-state index in [0.717, 1.165) is 6.07 Å². The van der Waals surface area contributed by atoms with Crippen LogP contribution in [0.2, 0.25) is 5.02 Å². The molecule has 2 aromatic carbocycles. The molecular formula is C19H12ClF3N2O2S2. The number of sulfone groups is 1. The van der Waals surface area contributed by atoms with Crippen molar-refractivity contribution in [3.05, 3.63) is 71.0 Å². The van der Waals surface area contributed by atoms with E-state index in [2.05, 4.69) is 22.2 Å². The van der Waals surface area contributed by atoms with Crippen LogP contribution in [0.5, 0.6) is 0 Å². The molecule has 1 heterocycles. The molecule has 1 N–H and O–H groups in total. The molecule has 150 valence electrons. The number of nitrogens with one attached hydrogen (secondary N) is 1. The first-order valence-corrected chi connectivity index (χ1v) is 10.5. The van der Waals surface area contributed by atoms with E-state index in [1.54, 1.807) is 24.3 Å². The number of aromatic amines is 1. The molecule has 0 saturated heterocycles. The first-order chi connectivity index (χ1) is 13.6. The Morgan fingerprint density at radius 2 is 1.83 bits per heavy atom. The van der Waals surface area contributed by atoms with E-state index in [1.165, 1.54) is 24.4 Å². The van der Waals surface area contributed by atoms with Crippen molar-refractivity contribution in [2.75, 3.05) is 0 Å². The summed E-state index contributed by atoms with van der Waals surface area (Å²) in [5.74, 6) is -0.582. The minimum absolute atomic E-state index is 0.204. The Morgan fingerprint density at radius 1 is 1.14 bits per heavy atom. The lowest BCUT2D eigenvalue weighted by Crippen LogP contribution is -2.13. The Hall–Kier alpha value is -2.45. The Kier molecular flexibility index (Phi) is 5.95. The topological polar surface area (TPSA) is 62.3 Å². The van der Waals surface area contributed by atoms with Gasteiger partial charge in [-0.15, -0.1) is 0 Å². The second-order valence-corrected chi connectivity index (χ2v) is 8.50. The zero-order valence-corrected chi connectivity index (χ0v) is 16.9. The SMILES string of the molecule is O=S(=O)(Cc1ccc[nH]1)c1c(Cl)cc(-c2ccccc2)c(C(F)(F)F)c1N=C=S. The average Bonchev–Trinajstić information content (AvgIpc) is 3.13. The molecule has 0 aliphatic carbocycles. The van der Waals surface area contributed by atoms with Gasteiger partial charge in [-0.1, -0.05) is 41.9 Å². The third-order valence-corrected chi connectivity index (χ3v) is 6.28. The molecule has 29 heavy (non-hydrogen) atoms. The van der Waals surface area contributed by atoms with Crippen LogP contribution in [0, 0.1) is 0 Å². The zero-order valence-electron chi connectivity index (χ0n) is 14.5. The minimum Gasteiger partial charge on any atom is -0.364 e. The van der Waals surface area contributed by atoms with Crippen molar-refractivity contribution in [3.8, 4) is 11.1 Å². The summed E-state index contributed by atoms with van der Waals surface area (Å²) in [5, 5.41) is 1.47. The largest absolute Gasteiger partial charge is 0.419 e. The molecule has 0 unspecified atom stereocenters. The number of alkyl halides is 3. The fourth-order valence-electron chi connectivity index (χ4n) is 2.93. The number of benzene rings is 2. The minimum atomic E-state index is -4.92. The van der Waals surface area contributed by atoms with E-state index >= 15 is 0 Å². The summed E-state index contributed by atoms with van der Waals surface area (Å²) >= 11 is 10.7. The van der Waals surface area contributed by atoms with Crippen LogP contribution in [0.3, 0.4) is 0 Å². The van der Waals surface area contributed by atoms with E-state index in [4.69, 9.17) is 11.6 Å². The standard InChI is InChI=1S/C19H12ClF3N2O2S2/c20-15-9-14(12-5-2-1-3-6-12)16(19(21,22)23)17(25-11-28)18(15)29(26,27)10-13-7-4-8-24-13/h1-9,24H,10H2. The molecule has 3 aromatic rings. The number of aromatic nitrogens is 1. The summed E-state index contributed by atoms with van der Waals surface area (Å²) in [6.45, 7) is 0. The Labute approximate surface area is 175 Å². The number of halogens is 4. The van der Waals surface area contributed by atoms with Gasteiger partial charge in [0.2, 0.25) is 0 Å². The van der Waals surface area contributed by atoms with E-state index in [-0.39, 0.29) is 16.1 Å². The third-order valence-electron chi connectivity index (χ3n) is 4.05. The number of isothiocyanates is 1. The summed E-state index contributed by atoms with van der Waals surface area (Å²) < 4.78 is 68.0. The summed E-state index contributed by atoms with van der Waals surface area (Å²) in [6.07, 6.45) is -3.42.